The van der Waals surface area contributed by atoms with Crippen molar-refractivity contribution in [2.45, 2.75) is 52.0 Å². The molecule has 1 saturated carbocycles. The van der Waals surface area contributed by atoms with Gasteiger partial charge in [-0.3, -0.25) is 0 Å². The molecule has 2 nitrogen and oxygen atoms in total. The Labute approximate surface area is 111 Å². The van der Waals surface area contributed by atoms with E-state index < -0.39 is 0 Å². The molecule has 0 unspecified atom stereocenters. The molecule has 1 aromatic carbocycles. The van der Waals surface area contributed by atoms with Crippen LogP contribution >= 0.6 is 0 Å². The van der Waals surface area contributed by atoms with Gasteiger partial charge in [0.2, 0.25) is 0 Å². The van der Waals surface area contributed by atoms with Crippen molar-refractivity contribution in [2.24, 2.45) is 0 Å². The van der Waals surface area contributed by atoms with Crippen molar-refractivity contribution >= 4 is 0 Å². The van der Waals surface area contributed by atoms with Gasteiger partial charge in [0.05, 0.1) is 6.61 Å². The number of benzene rings is 1. The lowest BCUT2D eigenvalue weighted by Crippen LogP contribution is -2.19. The molecule has 1 aliphatic carbocycles. The van der Waals surface area contributed by atoms with Gasteiger partial charge in [0.25, 0.3) is 0 Å². The minimum absolute atomic E-state index is 0.559. The van der Waals surface area contributed by atoms with Crippen LogP contribution in [0.15, 0.2) is 18.2 Å². The molecule has 0 bridgehead atoms. The van der Waals surface area contributed by atoms with Gasteiger partial charge < -0.3 is 10.1 Å². The maximum Gasteiger partial charge on any atom is 0.119 e. The predicted molar refractivity (Wildman–Crippen MR) is 76.4 cm³/mol. The first-order valence-corrected chi connectivity index (χ1v) is 7.13. The fourth-order valence-electron chi connectivity index (χ4n) is 2.05. The Kier molecular flexibility index (Phi) is 4.65. The molecule has 1 fully saturated rings. The van der Waals surface area contributed by atoms with E-state index in [9.17, 15) is 0 Å². The van der Waals surface area contributed by atoms with Crippen LogP contribution in [0.3, 0.4) is 0 Å². The fraction of sp³-hybridized carbons (Fsp3) is 0.625. The zero-order chi connectivity index (χ0) is 13.0. The summed E-state index contributed by atoms with van der Waals surface area (Å²) in [4.78, 5) is 0. The molecule has 1 aromatic rings. The highest BCUT2D eigenvalue weighted by Crippen LogP contribution is 2.23. The molecule has 0 radical (unpaired) electrons. The molecule has 18 heavy (non-hydrogen) atoms. The molecule has 0 atom stereocenters. The number of hydrogen-bond acceptors (Lipinski definition) is 2. The third-order valence-electron chi connectivity index (χ3n) is 3.34. The van der Waals surface area contributed by atoms with Gasteiger partial charge in [0, 0.05) is 6.04 Å². The fourth-order valence-corrected chi connectivity index (χ4v) is 2.05. The van der Waals surface area contributed by atoms with Crippen LogP contribution in [0.25, 0.3) is 0 Å². The second-order valence-corrected chi connectivity index (χ2v) is 5.66. The van der Waals surface area contributed by atoms with Gasteiger partial charge in [-0.1, -0.05) is 19.9 Å². The molecule has 2 heteroatoms. The number of ether oxygens (including phenoxy) is 1. The molecule has 1 N–H and O–H groups in total. The van der Waals surface area contributed by atoms with Gasteiger partial charge in [-0.05, 0) is 61.9 Å². The summed E-state index contributed by atoms with van der Waals surface area (Å²) in [6.45, 7) is 8.46. The summed E-state index contributed by atoms with van der Waals surface area (Å²) in [6, 6.07) is 7.34. The molecule has 0 heterocycles. The van der Waals surface area contributed by atoms with Crippen molar-refractivity contribution in [1.82, 2.24) is 5.32 Å². The van der Waals surface area contributed by atoms with Crippen molar-refractivity contribution in [1.29, 1.82) is 0 Å². The van der Waals surface area contributed by atoms with Gasteiger partial charge in [-0.15, -0.1) is 0 Å². The zero-order valence-electron chi connectivity index (χ0n) is 11.8. The Balaban J connectivity index is 1.76. The smallest absolute Gasteiger partial charge is 0.119 e. The number of rotatable bonds is 7. The molecular formula is C16H25NO. The van der Waals surface area contributed by atoms with Crippen LogP contribution in [0.5, 0.6) is 5.75 Å². The molecule has 0 aliphatic heterocycles. The first-order chi connectivity index (χ1) is 8.65. The minimum Gasteiger partial charge on any atom is -0.494 e. The highest BCUT2D eigenvalue weighted by Gasteiger charge is 2.19. The Morgan fingerprint density at radius 1 is 1.28 bits per heavy atom. The van der Waals surface area contributed by atoms with Crippen molar-refractivity contribution in [3.8, 4) is 5.75 Å². The van der Waals surface area contributed by atoms with E-state index in [2.05, 4.69) is 44.3 Å². The Hall–Kier alpha value is -1.02. The first kappa shape index (κ1) is 13.4. The maximum absolute atomic E-state index is 5.84. The van der Waals surface area contributed by atoms with Gasteiger partial charge in [-0.2, -0.15) is 0 Å². The van der Waals surface area contributed by atoms with E-state index in [1.165, 1.54) is 24.0 Å². The normalized spacial score (nSPS) is 15.1. The molecule has 0 aromatic heterocycles. The van der Waals surface area contributed by atoms with Crippen LogP contribution in [-0.4, -0.2) is 19.2 Å². The molecule has 0 amide bonds. The third-order valence-corrected chi connectivity index (χ3v) is 3.34. The maximum atomic E-state index is 5.84. The van der Waals surface area contributed by atoms with Crippen LogP contribution in [0.4, 0.5) is 0 Å². The van der Waals surface area contributed by atoms with Gasteiger partial charge >= 0.3 is 0 Å². The highest BCUT2D eigenvalue weighted by atomic mass is 16.5. The topological polar surface area (TPSA) is 21.3 Å². The van der Waals surface area contributed by atoms with E-state index in [0.29, 0.717) is 5.92 Å². The SMILES string of the molecule is Cc1cc(OCCCNC2CC2)cc(C(C)C)c1. The predicted octanol–water partition coefficient (Wildman–Crippen LogP) is 3.64. The van der Waals surface area contributed by atoms with E-state index >= 15 is 0 Å². The summed E-state index contributed by atoms with van der Waals surface area (Å²) in [6.07, 6.45) is 3.80. The van der Waals surface area contributed by atoms with E-state index in [1.807, 2.05) is 0 Å². The quantitative estimate of drug-likeness (QED) is 0.743. The van der Waals surface area contributed by atoms with Crippen LogP contribution in [0.1, 0.15) is 50.2 Å². The summed E-state index contributed by atoms with van der Waals surface area (Å²) < 4.78 is 5.84. The number of nitrogens with one attached hydrogen (secondary N) is 1. The molecular weight excluding hydrogens is 222 g/mol. The second-order valence-electron chi connectivity index (χ2n) is 5.66. The molecule has 2 rings (SSSR count). The summed E-state index contributed by atoms with van der Waals surface area (Å²) in [5.74, 6) is 1.58. The molecule has 0 spiro atoms. The average molecular weight is 247 g/mol. The van der Waals surface area contributed by atoms with Gasteiger partial charge in [0.1, 0.15) is 5.75 Å². The van der Waals surface area contributed by atoms with Crippen molar-refractivity contribution < 1.29 is 4.74 Å². The minimum atomic E-state index is 0.559. The van der Waals surface area contributed by atoms with Crippen LogP contribution in [0.2, 0.25) is 0 Å². The summed E-state index contributed by atoms with van der Waals surface area (Å²) in [5, 5.41) is 3.50. The monoisotopic (exact) mass is 247 g/mol. The second kappa shape index (κ2) is 6.24. The van der Waals surface area contributed by atoms with Crippen LogP contribution in [0, 0.1) is 6.92 Å². The van der Waals surface area contributed by atoms with Crippen LogP contribution in [-0.2, 0) is 0 Å². The van der Waals surface area contributed by atoms with Crippen molar-refractivity contribution in [3.63, 3.8) is 0 Å². The Morgan fingerprint density at radius 3 is 2.72 bits per heavy atom. The Morgan fingerprint density at radius 2 is 2.06 bits per heavy atom. The van der Waals surface area contributed by atoms with Crippen molar-refractivity contribution in [2.75, 3.05) is 13.2 Å². The first-order valence-electron chi connectivity index (χ1n) is 7.13. The van der Waals surface area contributed by atoms with Gasteiger partial charge in [0.15, 0.2) is 0 Å². The van der Waals surface area contributed by atoms with E-state index in [-0.39, 0.29) is 0 Å². The summed E-state index contributed by atoms with van der Waals surface area (Å²) >= 11 is 0. The molecule has 0 saturated heterocycles. The van der Waals surface area contributed by atoms with Gasteiger partial charge in [-0.25, -0.2) is 0 Å². The lowest BCUT2D eigenvalue weighted by molar-refractivity contribution is 0.307. The standard InChI is InChI=1S/C16H25NO/c1-12(2)14-9-13(3)10-16(11-14)18-8-4-7-17-15-5-6-15/h9-12,15,17H,4-8H2,1-3H3. The average Bonchev–Trinajstić information content (AvgIpc) is 3.12. The summed E-state index contributed by atoms with van der Waals surface area (Å²) in [5.41, 5.74) is 2.65. The number of hydrogen-bond donors (Lipinski definition) is 1. The van der Waals surface area contributed by atoms with E-state index in [4.69, 9.17) is 4.74 Å². The number of aryl methyl sites for hydroxylation is 1. The van der Waals surface area contributed by atoms with Crippen molar-refractivity contribution in [3.05, 3.63) is 29.3 Å². The lowest BCUT2D eigenvalue weighted by atomic mass is 10.0. The third kappa shape index (κ3) is 4.34. The highest BCUT2D eigenvalue weighted by molar-refractivity contribution is 5.35. The molecule has 1 aliphatic rings. The lowest BCUT2D eigenvalue weighted by Gasteiger charge is -2.12. The Bertz CT molecular complexity index is 383. The van der Waals surface area contributed by atoms with E-state index in [0.717, 1.165) is 31.4 Å². The summed E-state index contributed by atoms with van der Waals surface area (Å²) in [7, 11) is 0. The van der Waals surface area contributed by atoms with E-state index in [1.54, 1.807) is 0 Å². The van der Waals surface area contributed by atoms with Crippen LogP contribution < -0.4 is 10.1 Å². The zero-order valence-corrected chi connectivity index (χ0v) is 11.8. The largest absolute Gasteiger partial charge is 0.494 e. The molecule has 100 valence electrons.